The lowest BCUT2D eigenvalue weighted by Gasteiger charge is -2.37. The summed E-state index contributed by atoms with van der Waals surface area (Å²) in [6.07, 6.45) is 1.69. The summed E-state index contributed by atoms with van der Waals surface area (Å²) < 4.78 is 23.0. The lowest BCUT2D eigenvalue weighted by atomic mass is 10.1. The molecule has 9 nitrogen and oxygen atoms in total. The molecule has 0 radical (unpaired) electrons. The number of aliphatic carboxylic acids is 2. The van der Waals surface area contributed by atoms with Gasteiger partial charge >= 0.3 is 11.9 Å². The number of hydrogen-bond donors (Lipinski definition) is 3. The molecule has 1 aliphatic rings. The number of carboxylic acids is 2. The van der Waals surface area contributed by atoms with E-state index in [0.717, 1.165) is 31.7 Å². The molecular formula is C23H28N2O7S. The summed E-state index contributed by atoms with van der Waals surface area (Å²) in [7, 11) is -3.20. The topological polar surface area (TPSA) is 135 Å². The van der Waals surface area contributed by atoms with Gasteiger partial charge in [0.1, 0.15) is 0 Å². The highest BCUT2D eigenvalue weighted by Crippen LogP contribution is 2.20. The van der Waals surface area contributed by atoms with Crippen LogP contribution in [0, 0.1) is 0 Å². The van der Waals surface area contributed by atoms with Crippen molar-refractivity contribution in [1.29, 1.82) is 0 Å². The second kappa shape index (κ2) is 12.1. The van der Waals surface area contributed by atoms with E-state index in [-0.39, 0.29) is 4.90 Å². The van der Waals surface area contributed by atoms with E-state index in [4.69, 9.17) is 10.2 Å². The molecule has 0 bridgehead atoms. The van der Waals surface area contributed by atoms with Crippen LogP contribution in [0.4, 0.5) is 5.69 Å². The highest BCUT2D eigenvalue weighted by atomic mass is 32.2. The van der Waals surface area contributed by atoms with Crippen LogP contribution in [0.1, 0.15) is 11.7 Å². The molecule has 0 aromatic heterocycles. The second-order valence-electron chi connectivity index (χ2n) is 7.49. The van der Waals surface area contributed by atoms with Gasteiger partial charge in [-0.05, 0) is 29.8 Å². The summed E-state index contributed by atoms with van der Waals surface area (Å²) in [5.41, 5.74) is 1.98. The third-order valence-corrected chi connectivity index (χ3v) is 6.11. The predicted molar refractivity (Wildman–Crippen MR) is 124 cm³/mol. The summed E-state index contributed by atoms with van der Waals surface area (Å²) in [5.74, 6) is -2.51. The summed E-state index contributed by atoms with van der Waals surface area (Å²) in [5, 5.41) is 26.1. The van der Waals surface area contributed by atoms with Gasteiger partial charge in [0.25, 0.3) is 0 Å². The Labute approximate surface area is 193 Å². The lowest BCUT2D eigenvalue weighted by molar-refractivity contribution is -0.134. The summed E-state index contributed by atoms with van der Waals surface area (Å²) in [4.78, 5) is 24.0. The minimum absolute atomic E-state index is 0.278. The lowest BCUT2D eigenvalue weighted by Crippen LogP contribution is -2.47. The highest BCUT2D eigenvalue weighted by molar-refractivity contribution is 7.90. The maximum Gasteiger partial charge on any atom is 0.328 e. The molecule has 0 spiro atoms. The van der Waals surface area contributed by atoms with Crippen LogP contribution < -0.4 is 4.90 Å². The number of sulfone groups is 1. The van der Waals surface area contributed by atoms with Gasteiger partial charge in [-0.3, -0.25) is 4.90 Å². The summed E-state index contributed by atoms with van der Waals surface area (Å²) in [6.45, 7) is 4.22. The van der Waals surface area contributed by atoms with Gasteiger partial charge in [-0.1, -0.05) is 30.3 Å². The van der Waals surface area contributed by atoms with Crippen molar-refractivity contribution in [2.75, 3.05) is 43.9 Å². The number of para-hydroxylation sites is 1. The normalized spacial score (nSPS) is 15.5. The average Bonchev–Trinajstić information content (AvgIpc) is 2.79. The number of carbonyl (C=O) groups is 2. The standard InChI is InChI=1S/C19H24N2O3S.C4H4O4/c1-25(23,24)18-9-7-16(8-10-18)19(22)15-20-11-13-21(14-12-20)17-5-3-2-4-6-17;5-3(6)1-2-4(7)8/h2-10,19,22H,11-15H2,1H3;1-2H,(H,5,6)(H,7,8)/b;2-1+. The van der Waals surface area contributed by atoms with Crippen LogP contribution in [-0.2, 0) is 19.4 Å². The maximum absolute atomic E-state index is 11.5. The van der Waals surface area contributed by atoms with Gasteiger partial charge in [0.2, 0.25) is 0 Å². The molecule has 33 heavy (non-hydrogen) atoms. The minimum Gasteiger partial charge on any atom is -0.478 e. The van der Waals surface area contributed by atoms with E-state index in [1.165, 1.54) is 11.9 Å². The van der Waals surface area contributed by atoms with Crippen molar-refractivity contribution in [1.82, 2.24) is 4.90 Å². The van der Waals surface area contributed by atoms with E-state index in [1.807, 2.05) is 18.2 Å². The number of aliphatic hydroxyl groups is 1. The predicted octanol–water partition coefficient (Wildman–Crippen LogP) is 1.66. The summed E-state index contributed by atoms with van der Waals surface area (Å²) >= 11 is 0. The SMILES string of the molecule is CS(=O)(=O)c1ccc(C(O)CN2CCN(c3ccccc3)CC2)cc1.O=C(O)/C=C/C(=O)O. The molecule has 178 valence electrons. The first-order chi connectivity index (χ1) is 15.6. The van der Waals surface area contributed by atoms with E-state index in [9.17, 15) is 23.1 Å². The molecule has 2 aromatic rings. The van der Waals surface area contributed by atoms with E-state index in [0.29, 0.717) is 18.7 Å². The fourth-order valence-electron chi connectivity index (χ4n) is 3.26. The zero-order valence-corrected chi connectivity index (χ0v) is 19.1. The van der Waals surface area contributed by atoms with Crippen LogP contribution in [0.15, 0.2) is 71.6 Å². The molecule has 1 heterocycles. The van der Waals surface area contributed by atoms with E-state index >= 15 is 0 Å². The molecule has 2 aromatic carbocycles. The highest BCUT2D eigenvalue weighted by Gasteiger charge is 2.20. The van der Waals surface area contributed by atoms with Crippen LogP contribution >= 0.6 is 0 Å². The van der Waals surface area contributed by atoms with E-state index in [1.54, 1.807) is 24.3 Å². The Kier molecular flexibility index (Phi) is 9.58. The molecule has 1 fully saturated rings. The minimum atomic E-state index is -3.20. The van der Waals surface area contributed by atoms with E-state index in [2.05, 4.69) is 21.9 Å². The molecule has 3 N–H and O–H groups in total. The number of rotatable bonds is 7. The average molecular weight is 477 g/mol. The van der Waals surface area contributed by atoms with Crippen molar-refractivity contribution < 1.29 is 33.3 Å². The van der Waals surface area contributed by atoms with Crippen molar-refractivity contribution in [2.45, 2.75) is 11.0 Å². The fourth-order valence-corrected chi connectivity index (χ4v) is 3.89. The number of nitrogens with zero attached hydrogens (tertiary/aromatic N) is 2. The number of piperazine rings is 1. The third-order valence-electron chi connectivity index (χ3n) is 4.99. The first-order valence-electron chi connectivity index (χ1n) is 10.2. The van der Waals surface area contributed by atoms with E-state index < -0.39 is 27.9 Å². The van der Waals surface area contributed by atoms with Crippen molar-refractivity contribution in [3.8, 4) is 0 Å². The van der Waals surface area contributed by atoms with Crippen molar-refractivity contribution >= 4 is 27.5 Å². The van der Waals surface area contributed by atoms with Gasteiger partial charge in [0.15, 0.2) is 9.84 Å². The van der Waals surface area contributed by atoms with Crippen molar-refractivity contribution in [3.05, 3.63) is 72.3 Å². The Morgan fingerprint density at radius 2 is 1.42 bits per heavy atom. The molecule has 0 saturated carbocycles. The Bertz CT molecular complexity index is 1030. The third kappa shape index (κ3) is 9.05. The van der Waals surface area contributed by atoms with Gasteiger partial charge in [-0.25, -0.2) is 18.0 Å². The number of hydrogen-bond acceptors (Lipinski definition) is 7. The number of carboxylic acid groups (broad SMARTS) is 2. The Morgan fingerprint density at radius 1 is 0.909 bits per heavy atom. The first kappa shape index (κ1) is 26.0. The number of anilines is 1. The van der Waals surface area contributed by atoms with Gasteiger partial charge < -0.3 is 20.2 Å². The van der Waals surface area contributed by atoms with Crippen LogP contribution in [0.3, 0.4) is 0 Å². The van der Waals surface area contributed by atoms with Crippen molar-refractivity contribution in [2.24, 2.45) is 0 Å². The molecule has 3 rings (SSSR count). The Hall–Kier alpha value is -3.21. The van der Waals surface area contributed by atoms with Crippen LogP contribution in [0.25, 0.3) is 0 Å². The zero-order valence-electron chi connectivity index (χ0n) is 18.2. The van der Waals surface area contributed by atoms with Gasteiger partial charge in [-0.15, -0.1) is 0 Å². The molecule has 1 aliphatic heterocycles. The number of β-amino-alcohol motifs (C(OH)–C–C–N with tert-alkyl or cyclic N) is 1. The maximum atomic E-state index is 11.5. The Balaban J connectivity index is 0.000000414. The first-order valence-corrected chi connectivity index (χ1v) is 12.1. The number of aliphatic hydroxyl groups excluding tert-OH is 1. The molecule has 1 unspecified atom stereocenters. The van der Waals surface area contributed by atoms with Crippen LogP contribution in [-0.4, -0.2) is 79.6 Å². The molecule has 1 saturated heterocycles. The Morgan fingerprint density at radius 3 is 1.88 bits per heavy atom. The number of benzene rings is 2. The second-order valence-corrected chi connectivity index (χ2v) is 9.51. The fraction of sp³-hybridized carbons (Fsp3) is 0.304. The quantitative estimate of drug-likeness (QED) is 0.510. The van der Waals surface area contributed by atoms with Crippen molar-refractivity contribution in [3.63, 3.8) is 0 Å². The molecule has 1 atom stereocenters. The smallest absolute Gasteiger partial charge is 0.328 e. The van der Waals surface area contributed by atoms with Gasteiger partial charge in [-0.2, -0.15) is 0 Å². The van der Waals surface area contributed by atoms with Crippen LogP contribution in [0.5, 0.6) is 0 Å². The molecule has 10 heteroatoms. The molecular weight excluding hydrogens is 448 g/mol. The van der Waals surface area contributed by atoms with Gasteiger partial charge in [0.05, 0.1) is 11.0 Å². The van der Waals surface area contributed by atoms with Crippen LogP contribution in [0.2, 0.25) is 0 Å². The molecule has 0 amide bonds. The summed E-state index contributed by atoms with van der Waals surface area (Å²) in [6, 6.07) is 16.9. The zero-order chi connectivity index (χ0) is 24.4. The van der Waals surface area contributed by atoms with Gasteiger partial charge in [0, 0.05) is 56.8 Å². The largest absolute Gasteiger partial charge is 0.478 e. The monoisotopic (exact) mass is 476 g/mol. The molecule has 0 aliphatic carbocycles.